The Bertz CT molecular complexity index is 388. The van der Waals surface area contributed by atoms with E-state index in [4.69, 9.17) is 0 Å². The van der Waals surface area contributed by atoms with Gasteiger partial charge in [-0.3, -0.25) is 0 Å². The lowest BCUT2D eigenvalue weighted by atomic mass is 10.0. The molecule has 78 valence electrons. The summed E-state index contributed by atoms with van der Waals surface area (Å²) in [5, 5.41) is 0. The topological polar surface area (TPSA) is 29.4 Å². The fraction of sp³-hybridized carbons (Fsp3) is 0.462. The van der Waals surface area contributed by atoms with Gasteiger partial charge in [-0.05, 0) is 23.5 Å². The molecule has 1 aromatic rings. The van der Waals surface area contributed by atoms with E-state index in [1.807, 2.05) is 0 Å². The van der Waals surface area contributed by atoms with Crippen molar-refractivity contribution in [3.63, 3.8) is 0 Å². The van der Waals surface area contributed by atoms with E-state index in [-0.39, 0.29) is 6.04 Å². The largest absolute Gasteiger partial charge is 0.235 e. The van der Waals surface area contributed by atoms with E-state index in [1.54, 1.807) is 6.08 Å². The minimum Gasteiger partial charge on any atom is -0.211 e. The zero-order valence-corrected chi connectivity index (χ0v) is 9.10. The summed E-state index contributed by atoms with van der Waals surface area (Å²) in [5.41, 5.74) is 2.65. The van der Waals surface area contributed by atoms with Crippen molar-refractivity contribution in [3.8, 4) is 0 Å². The first-order valence-corrected chi connectivity index (χ1v) is 5.39. The molecule has 2 nitrogen and oxygen atoms in total. The zero-order chi connectivity index (χ0) is 10.8. The van der Waals surface area contributed by atoms with Crippen molar-refractivity contribution >= 4 is 6.08 Å². The molecule has 1 fully saturated rings. The molecule has 2 unspecified atom stereocenters. The lowest BCUT2D eigenvalue weighted by Crippen LogP contribution is -1.89. The number of carbonyl (C=O) groups excluding carboxylic acids is 1. The Morgan fingerprint density at radius 1 is 1.33 bits per heavy atom. The van der Waals surface area contributed by atoms with Crippen molar-refractivity contribution in [2.75, 3.05) is 0 Å². The fourth-order valence-corrected chi connectivity index (χ4v) is 1.88. The lowest BCUT2D eigenvalue weighted by Gasteiger charge is -2.05. The Morgan fingerprint density at radius 3 is 2.53 bits per heavy atom. The molecule has 2 atom stereocenters. The van der Waals surface area contributed by atoms with Gasteiger partial charge in [0, 0.05) is 5.92 Å². The number of benzene rings is 1. The van der Waals surface area contributed by atoms with Crippen LogP contribution >= 0.6 is 0 Å². The first-order valence-electron chi connectivity index (χ1n) is 5.39. The molecule has 0 aromatic heterocycles. The van der Waals surface area contributed by atoms with E-state index in [2.05, 4.69) is 43.1 Å². The summed E-state index contributed by atoms with van der Waals surface area (Å²) in [6.07, 6.45) is 2.63. The standard InChI is InChI=1S/C13H15NO/c1-9(2)10-3-5-11(6-4-10)12-7-13(12)14-8-15/h3-6,9,12-13H,7H2,1-2H3. The molecule has 0 saturated heterocycles. The van der Waals surface area contributed by atoms with Gasteiger partial charge in [-0.2, -0.15) is 0 Å². The van der Waals surface area contributed by atoms with Crippen LogP contribution in [-0.4, -0.2) is 12.1 Å². The second-order valence-electron chi connectivity index (χ2n) is 4.45. The summed E-state index contributed by atoms with van der Waals surface area (Å²) in [6, 6.07) is 8.83. The van der Waals surface area contributed by atoms with Crippen molar-refractivity contribution in [2.45, 2.75) is 38.1 Å². The molecular formula is C13H15NO. The molecule has 0 heterocycles. The van der Waals surface area contributed by atoms with Crippen molar-refractivity contribution in [1.29, 1.82) is 0 Å². The third kappa shape index (κ3) is 2.16. The number of rotatable bonds is 3. The van der Waals surface area contributed by atoms with E-state index in [0.29, 0.717) is 11.8 Å². The minimum atomic E-state index is 0.187. The highest BCUT2D eigenvalue weighted by molar-refractivity contribution is 5.38. The summed E-state index contributed by atoms with van der Waals surface area (Å²) in [4.78, 5) is 13.8. The van der Waals surface area contributed by atoms with Crippen molar-refractivity contribution in [1.82, 2.24) is 0 Å². The van der Waals surface area contributed by atoms with Crippen LogP contribution in [0.3, 0.4) is 0 Å². The second kappa shape index (κ2) is 4.00. The molecule has 2 heteroatoms. The Morgan fingerprint density at radius 2 is 2.00 bits per heavy atom. The minimum absolute atomic E-state index is 0.187. The van der Waals surface area contributed by atoms with Crippen LogP contribution in [0.5, 0.6) is 0 Å². The fourth-order valence-electron chi connectivity index (χ4n) is 1.88. The van der Waals surface area contributed by atoms with E-state index >= 15 is 0 Å². The van der Waals surface area contributed by atoms with Crippen LogP contribution in [0.25, 0.3) is 0 Å². The van der Waals surface area contributed by atoms with Crippen molar-refractivity contribution in [3.05, 3.63) is 35.4 Å². The molecule has 0 spiro atoms. The van der Waals surface area contributed by atoms with E-state index in [1.165, 1.54) is 11.1 Å². The van der Waals surface area contributed by atoms with Crippen LogP contribution in [0.4, 0.5) is 0 Å². The summed E-state index contributed by atoms with van der Waals surface area (Å²) < 4.78 is 0. The zero-order valence-electron chi connectivity index (χ0n) is 9.10. The Balaban J connectivity index is 2.09. The number of hydrogen-bond acceptors (Lipinski definition) is 2. The molecule has 1 aromatic carbocycles. The monoisotopic (exact) mass is 201 g/mol. The molecule has 15 heavy (non-hydrogen) atoms. The predicted octanol–water partition coefficient (Wildman–Crippen LogP) is 3.00. The number of aliphatic imine (C=N–C) groups is 1. The molecule has 0 aliphatic heterocycles. The molecule has 0 N–H and O–H groups in total. The van der Waals surface area contributed by atoms with Crippen LogP contribution in [0.2, 0.25) is 0 Å². The highest BCUT2D eigenvalue weighted by Crippen LogP contribution is 2.43. The van der Waals surface area contributed by atoms with Gasteiger partial charge in [0.2, 0.25) is 6.08 Å². The number of hydrogen-bond donors (Lipinski definition) is 0. The lowest BCUT2D eigenvalue weighted by molar-refractivity contribution is 0.562. The van der Waals surface area contributed by atoms with Gasteiger partial charge in [-0.15, -0.1) is 0 Å². The summed E-state index contributed by atoms with van der Waals surface area (Å²) >= 11 is 0. The van der Waals surface area contributed by atoms with Gasteiger partial charge in [-0.1, -0.05) is 38.1 Å². The Kier molecular flexibility index (Phi) is 2.70. The van der Waals surface area contributed by atoms with Gasteiger partial charge in [0.15, 0.2) is 0 Å². The van der Waals surface area contributed by atoms with Crippen LogP contribution in [-0.2, 0) is 4.79 Å². The summed E-state index contributed by atoms with van der Waals surface area (Å²) in [6.45, 7) is 4.37. The maximum atomic E-state index is 10.1. The van der Waals surface area contributed by atoms with Gasteiger partial charge in [0.05, 0.1) is 6.04 Å². The predicted molar refractivity (Wildman–Crippen MR) is 59.8 cm³/mol. The third-order valence-corrected chi connectivity index (χ3v) is 3.01. The maximum absolute atomic E-state index is 10.1. The first-order chi connectivity index (χ1) is 7.22. The smallest absolute Gasteiger partial charge is 0.211 e. The number of isocyanates is 1. The highest BCUT2D eigenvalue weighted by atomic mass is 16.1. The van der Waals surface area contributed by atoms with Crippen LogP contribution < -0.4 is 0 Å². The molecule has 1 aliphatic carbocycles. The van der Waals surface area contributed by atoms with Crippen LogP contribution in [0.15, 0.2) is 29.3 Å². The van der Waals surface area contributed by atoms with Crippen LogP contribution in [0, 0.1) is 0 Å². The van der Waals surface area contributed by atoms with Crippen molar-refractivity contribution < 1.29 is 4.79 Å². The average Bonchev–Trinajstić information content (AvgIpc) is 2.98. The van der Waals surface area contributed by atoms with Gasteiger partial charge < -0.3 is 0 Å². The second-order valence-corrected chi connectivity index (χ2v) is 4.45. The molecule has 1 saturated carbocycles. The molecule has 0 bridgehead atoms. The van der Waals surface area contributed by atoms with Crippen molar-refractivity contribution in [2.24, 2.45) is 4.99 Å². The molecule has 2 rings (SSSR count). The van der Waals surface area contributed by atoms with Crippen LogP contribution in [0.1, 0.15) is 43.2 Å². The quantitative estimate of drug-likeness (QED) is 0.546. The SMILES string of the molecule is CC(C)c1ccc(C2CC2N=C=O)cc1. The molecular weight excluding hydrogens is 186 g/mol. The maximum Gasteiger partial charge on any atom is 0.235 e. The first kappa shape index (κ1) is 10.1. The van der Waals surface area contributed by atoms with Gasteiger partial charge >= 0.3 is 0 Å². The Labute approximate surface area is 90.0 Å². The molecule has 0 amide bonds. The van der Waals surface area contributed by atoms with Gasteiger partial charge in [-0.25, -0.2) is 9.79 Å². The van der Waals surface area contributed by atoms with E-state index in [9.17, 15) is 4.79 Å². The van der Waals surface area contributed by atoms with Gasteiger partial charge in [0.25, 0.3) is 0 Å². The summed E-state index contributed by atoms with van der Waals surface area (Å²) in [7, 11) is 0. The number of nitrogens with zero attached hydrogens (tertiary/aromatic N) is 1. The normalized spacial score (nSPS) is 23.7. The van der Waals surface area contributed by atoms with Gasteiger partial charge in [0.1, 0.15) is 0 Å². The Hall–Kier alpha value is -1.40. The third-order valence-electron chi connectivity index (χ3n) is 3.01. The van der Waals surface area contributed by atoms with E-state index in [0.717, 1.165) is 6.42 Å². The average molecular weight is 201 g/mol. The molecule has 1 aliphatic rings. The highest BCUT2D eigenvalue weighted by Gasteiger charge is 2.38. The summed E-state index contributed by atoms with van der Waals surface area (Å²) in [5.74, 6) is 1.02. The molecule has 0 radical (unpaired) electrons. The van der Waals surface area contributed by atoms with E-state index < -0.39 is 0 Å².